The zero-order valence-corrected chi connectivity index (χ0v) is 10.6. The average molecular weight is 219 g/mol. The second-order valence-corrected chi connectivity index (χ2v) is 4.80. The first-order chi connectivity index (χ1) is 7.49. The van der Waals surface area contributed by atoms with Crippen molar-refractivity contribution in [1.82, 2.24) is 0 Å². The first-order valence-electron chi connectivity index (χ1n) is 5.86. The van der Waals surface area contributed by atoms with Gasteiger partial charge >= 0.3 is 0 Å². The van der Waals surface area contributed by atoms with Crippen LogP contribution in [0.5, 0.6) is 0 Å². The Balaban J connectivity index is 2.59. The van der Waals surface area contributed by atoms with E-state index in [-0.39, 0.29) is 5.91 Å². The zero-order chi connectivity index (χ0) is 12.1. The Labute approximate surface area is 98.1 Å². The first-order valence-corrected chi connectivity index (χ1v) is 5.86. The highest BCUT2D eigenvalue weighted by Gasteiger charge is 2.05. The van der Waals surface area contributed by atoms with Gasteiger partial charge in [-0.15, -0.1) is 0 Å². The van der Waals surface area contributed by atoms with Gasteiger partial charge in [0.1, 0.15) is 0 Å². The lowest BCUT2D eigenvalue weighted by molar-refractivity contribution is -0.116. The van der Waals surface area contributed by atoms with Gasteiger partial charge in [-0.05, 0) is 43.4 Å². The summed E-state index contributed by atoms with van der Waals surface area (Å²) < 4.78 is 0. The number of hydrogen-bond acceptors (Lipinski definition) is 1. The maximum absolute atomic E-state index is 11.7. The van der Waals surface area contributed by atoms with E-state index in [2.05, 4.69) is 25.2 Å². The Morgan fingerprint density at radius 1 is 1.31 bits per heavy atom. The van der Waals surface area contributed by atoms with Gasteiger partial charge in [0.2, 0.25) is 5.91 Å². The van der Waals surface area contributed by atoms with E-state index in [9.17, 15) is 4.79 Å². The number of carbonyl (C=O) groups is 1. The summed E-state index contributed by atoms with van der Waals surface area (Å²) in [5, 5.41) is 2.97. The maximum Gasteiger partial charge on any atom is 0.224 e. The van der Waals surface area contributed by atoms with Crippen LogP contribution in [0.4, 0.5) is 5.69 Å². The lowest BCUT2D eigenvalue weighted by Gasteiger charge is -2.10. The van der Waals surface area contributed by atoms with Crippen LogP contribution in [0.15, 0.2) is 18.2 Å². The molecule has 0 fully saturated rings. The molecule has 0 heterocycles. The number of amides is 1. The molecule has 1 N–H and O–H groups in total. The van der Waals surface area contributed by atoms with E-state index < -0.39 is 0 Å². The van der Waals surface area contributed by atoms with Crippen LogP contribution in [0, 0.1) is 19.8 Å². The lowest BCUT2D eigenvalue weighted by atomic mass is 10.1. The monoisotopic (exact) mass is 219 g/mol. The molecule has 1 aromatic carbocycles. The van der Waals surface area contributed by atoms with Crippen molar-refractivity contribution in [2.75, 3.05) is 5.32 Å². The van der Waals surface area contributed by atoms with E-state index in [0.29, 0.717) is 12.3 Å². The number of benzene rings is 1. The van der Waals surface area contributed by atoms with Crippen molar-refractivity contribution in [1.29, 1.82) is 0 Å². The predicted molar refractivity (Wildman–Crippen MR) is 68.6 cm³/mol. The third-order valence-corrected chi connectivity index (χ3v) is 2.62. The summed E-state index contributed by atoms with van der Waals surface area (Å²) in [6.07, 6.45) is 1.54. The molecule has 1 amide bonds. The molecule has 0 aromatic heterocycles. The number of anilines is 1. The van der Waals surface area contributed by atoms with E-state index in [1.807, 2.05) is 26.0 Å². The zero-order valence-electron chi connectivity index (χ0n) is 10.6. The molecule has 0 radical (unpaired) electrons. The number of aryl methyl sites for hydroxylation is 2. The van der Waals surface area contributed by atoms with Crippen LogP contribution in [0.1, 0.15) is 37.8 Å². The van der Waals surface area contributed by atoms with Crippen molar-refractivity contribution in [2.24, 2.45) is 5.92 Å². The standard InChI is InChI=1S/C14H21NO/c1-10(2)5-8-14(16)15-13-9-11(3)6-7-12(13)4/h6-7,9-10H,5,8H2,1-4H3,(H,15,16). The summed E-state index contributed by atoms with van der Waals surface area (Å²) in [6.45, 7) is 8.30. The van der Waals surface area contributed by atoms with Gasteiger partial charge in [0.05, 0.1) is 0 Å². The predicted octanol–water partition coefficient (Wildman–Crippen LogP) is 3.68. The maximum atomic E-state index is 11.7. The van der Waals surface area contributed by atoms with Crippen LogP contribution < -0.4 is 5.32 Å². The third-order valence-electron chi connectivity index (χ3n) is 2.62. The average Bonchev–Trinajstić information content (AvgIpc) is 2.20. The molecule has 0 aliphatic carbocycles. The van der Waals surface area contributed by atoms with E-state index in [4.69, 9.17) is 0 Å². The molecule has 0 aliphatic rings. The Hall–Kier alpha value is -1.31. The molecule has 0 spiro atoms. The summed E-state index contributed by atoms with van der Waals surface area (Å²) in [6, 6.07) is 6.11. The molecule has 0 unspecified atom stereocenters. The van der Waals surface area contributed by atoms with Gasteiger partial charge in [-0.3, -0.25) is 4.79 Å². The number of hydrogen-bond donors (Lipinski definition) is 1. The summed E-state index contributed by atoms with van der Waals surface area (Å²) in [5.74, 6) is 0.687. The van der Waals surface area contributed by atoms with Crippen LogP contribution in [-0.2, 0) is 4.79 Å². The first kappa shape index (κ1) is 12.8. The Kier molecular flexibility index (Phi) is 4.53. The molecular formula is C14H21NO. The molecule has 0 atom stereocenters. The Bertz CT molecular complexity index is 369. The normalized spacial score (nSPS) is 10.6. The molecule has 0 aliphatic heterocycles. The van der Waals surface area contributed by atoms with Gasteiger partial charge in [-0.25, -0.2) is 0 Å². The van der Waals surface area contributed by atoms with Crippen molar-refractivity contribution in [3.05, 3.63) is 29.3 Å². The van der Waals surface area contributed by atoms with Crippen LogP contribution in [0.2, 0.25) is 0 Å². The molecule has 2 heteroatoms. The smallest absolute Gasteiger partial charge is 0.224 e. The van der Waals surface area contributed by atoms with E-state index in [0.717, 1.165) is 17.7 Å². The number of rotatable bonds is 4. The van der Waals surface area contributed by atoms with Crippen LogP contribution >= 0.6 is 0 Å². The molecule has 88 valence electrons. The highest BCUT2D eigenvalue weighted by Crippen LogP contribution is 2.17. The van der Waals surface area contributed by atoms with Crippen LogP contribution in [-0.4, -0.2) is 5.91 Å². The largest absolute Gasteiger partial charge is 0.326 e. The molecule has 2 nitrogen and oxygen atoms in total. The summed E-state index contributed by atoms with van der Waals surface area (Å²) in [4.78, 5) is 11.7. The fourth-order valence-corrected chi connectivity index (χ4v) is 1.50. The quantitative estimate of drug-likeness (QED) is 0.822. The fraction of sp³-hybridized carbons (Fsp3) is 0.500. The van der Waals surface area contributed by atoms with Gasteiger partial charge in [0.15, 0.2) is 0 Å². The molecule has 1 rings (SSSR count). The van der Waals surface area contributed by atoms with Gasteiger partial charge in [-0.1, -0.05) is 26.0 Å². The van der Waals surface area contributed by atoms with Crippen LogP contribution in [0.25, 0.3) is 0 Å². The van der Waals surface area contributed by atoms with Gasteiger partial charge in [-0.2, -0.15) is 0 Å². The molecule has 0 saturated carbocycles. The van der Waals surface area contributed by atoms with E-state index >= 15 is 0 Å². The Morgan fingerprint density at radius 2 is 2.00 bits per heavy atom. The van der Waals surface area contributed by atoms with Crippen molar-refractivity contribution in [3.63, 3.8) is 0 Å². The minimum absolute atomic E-state index is 0.113. The molecule has 0 saturated heterocycles. The van der Waals surface area contributed by atoms with E-state index in [1.165, 1.54) is 5.56 Å². The second-order valence-electron chi connectivity index (χ2n) is 4.80. The third kappa shape index (κ3) is 4.05. The van der Waals surface area contributed by atoms with Gasteiger partial charge in [0.25, 0.3) is 0 Å². The topological polar surface area (TPSA) is 29.1 Å². The fourth-order valence-electron chi connectivity index (χ4n) is 1.50. The summed E-state index contributed by atoms with van der Waals surface area (Å²) >= 11 is 0. The number of nitrogens with one attached hydrogen (secondary N) is 1. The molecule has 1 aromatic rings. The van der Waals surface area contributed by atoms with Crippen molar-refractivity contribution in [2.45, 2.75) is 40.5 Å². The van der Waals surface area contributed by atoms with Gasteiger partial charge < -0.3 is 5.32 Å². The van der Waals surface area contributed by atoms with Crippen molar-refractivity contribution >= 4 is 11.6 Å². The minimum atomic E-state index is 0.113. The van der Waals surface area contributed by atoms with E-state index in [1.54, 1.807) is 0 Å². The van der Waals surface area contributed by atoms with Crippen LogP contribution in [0.3, 0.4) is 0 Å². The summed E-state index contributed by atoms with van der Waals surface area (Å²) in [5.41, 5.74) is 3.22. The van der Waals surface area contributed by atoms with Crippen molar-refractivity contribution in [3.8, 4) is 0 Å². The van der Waals surface area contributed by atoms with Gasteiger partial charge in [0, 0.05) is 12.1 Å². The minimum Gasteiger partial charge on any atom is -0.326 e. The molecule has 16 heavy (non-hydrogen) atoms. The lowest BCUT2D eigenvalue weighted by Crippen LogP contribution is -2.13. The van der Waals surface area contributed by atoms with Crippen molar-refractivity contribution < 1.29 is 4.79 Å². The SMILES string of the molecule is Cc1ccc(C)c(NC(=O)CCC(C)C)c1. The molecular weight excluding hydrogens is 198 g/mol. The highest BCUT2D eigenvalue weighted by atomic mass is 16.1. The number of carbonyl (C=O) groups excluding carboxylic acids is 1. The Morgan fingerprint density at radius 3 is 2.62 bits per heavy atom. The molecule has 0 bridgehead atoms. The highest BCUT2D eigenvalue weighted by molar-refractivity contribution is 5.91. The summed E-state index contributed by atoms with van der Waals surface area (Å²) in [7, 11) is 0. The second kappa shape index (κ2) is 5.69.